The van der Waals surface area contributed by atoms with E-state index in [0.29, 0.717) is 5.41 Å². The van der Waals surface area contributed by atoms with Crippen LogP contribution in [0.1, 0.15) is 32.3 Å². The van der Waals surface area contributed by atoms with Crippen LogP contribution in [0.3, 0.4) is 0 Å². The molecule has 1 aromatic carbocycles. The molecule has 1 aliphatic heterocycles. The highest BCUT2D eigenvalue weighted by atomic mass is 19.1. The van der Waals surface area contributed by atoms with Gasteiger partial charge in [0.2, 0.25) is 0 Å². The molecule has 0 aromatic heterocycles. The van der Waals surface area contributed by atoms with Crippen LogP contribution < -0.4 is 0 Å². The average molecular weight is 261 g/mol. The summed E-state index contributed by atoms with van der Waals surface area (Å²) in [7, 11) is 0. The molecule has 1 aromatic rings. The van der Waals surface area contributed by atoms with E-state index < -0.39 is 0 Å². The van der Waals surface area contributed by atoms with Crippen molar-refractivity contribution in [3.05, 3.63) is 35.6 Å². The standard InChI is InChI=1S/C17H24FN/c1-17(2)9-14-11-19(12-15(14)10-17)7-6-13-4-3-5-16(18)8-13/h3-5,8,14-15H,6-7,9-12H2,1-2H3. The number of nitrogens with zero attached hydrogens (tertiary/aromatic N) is 1. The molecule has 1 nitrogen and oxygen atoms in total. The van der Waals surface area contributed by atoms with Crippen molar-refractivity contribution in [2.45, 2.75) is 33.1 Å². The Bertz CT molecular complexity index is 438. The quantitative estimate of drug-likeness (QED) is 0.801. The Morgan fingerprint density at radius 1 is 1.21 bits per heavy atom. The van der Waals surface area contributed by atoms with Gasteiger partial charge >= 0.3 is 0 Å². The minimum absolute atomic E-state index is 0.113. The first-order valence-corrected chi connectivity index (χ1v) is 7.49. The van der Waals surface area contributed by atoms with Crippen molar-refractivity contribution in [3.63, 3.8) is 0 Å². The minimum Gasteiger partial charge on any atom is -0.302 e. The van der Waals surface area contributed by atoms with Gasteiger partial charge in [-0.1, -0.05) is 26.0 Å². The lowest BCUT2D eigenvalue weighted by atomic mass is 9.90. The van der Waals surface area contributed by atoms with Crippen molar-refractivity contribution >= 4 is 0 Å². The molecule has 0 spiro atoms. The van der Waals surface area contributed by atoms with E-state index in [1.807, 2.05) is 12.1 Å². The van der Waals surface area contributed by atoms with E-state index in [0.717, 1.165) is 30.4 Å². The van der Waals surface area contributed by atoms with Crippen molar-refractivity contribution in [1.82, 2.24) is 4.90 Å². The second-order valence-corrected chi connectivity index (χ2v) is 7.23. The number of benzene rings is 1. The predicted octanol–water partition coefficient (Wildman–Crippen LogP) is 3.74. The van der Waals surface area contributed by atoms with Gasteiger partial charge in [-0.15, -0.1) is 0 Å². The largest absolute Gasteiger partial charge is 0.302 e. The highest BCUT2D eigenvalue weighted by molar-refractivity contribution is 5.16. The van der Waals surface area contributed by atoms with Gasteiger partial charge in [-0.3, -0.25) is 0 Å². The summed E-state index contributed by atoms with van der Waals surface area (Å²) in [6, 6.07) is 7.03. The van der Waals surface area contributed by atoms with Gasteiger partial charge in [-0.05, 0) is 54.2 Å². The van der Waals surface area contributed by atoms with Crippen LogP contribution in [0.5, 0.6) is 0 Å². The smallest absolute Gasteiger partial charge is 0.123 e. The molecule has 0 radical (unpaired) electrons. The third-order valence-corrected chi connectivity index (χ3v) is 4.89. The molecule has 2 unspecified atom stereocenters. The number of hydrogen-bond donors (Lipinski definition) is 0. The maximum Gasteiger partial charge on any atom is 0.123 e. The summed E-state index contributed by atoms with van der Waals surface area (Å²) >= 11 is 0. The van der Waals surface area contributed by atoms with Crippen LogP contribution in [0.4, 0.5) is 4.39 Å². The normalized spacial score (nSPS) is 29.6. The summed E-state index contributed by atoms with van der Waals surface area (Å²) in [5.41, 5.74) is 1.68. The lowest BCUT2D eigenvalue weighted by Crippen LogP contribution is -2.26. The van der Waals surface area contributed by atoms with Crippen LogP contribution in [0.15, 0.2) is 24.3 Å². The zero-order valence-corrected chi connectivity index (χ0v) is 12.0. The molecule has 2 aliphatic rings. The molecule has 19 heavy (non-hydrogen) atoms. The molecule has 2 heteroatoms. The van der Waals surface area contributed by atoms with Crippen LogP contribution >= 0.6 is 0 Å². The monoisotopic (exact) mass is 261 g/mol. The Balaban J connectivity index is 1.51. The molecule has 104 valence electrons. The van der Waals surface area contributed by atoms with Crippen LogP contribution in [0.2, 0.25) is 0 Å². The Morgan fingerprint density at radius 3 is 2.53 bits per heavy atom. The fourth-order valence-electron chi connectivity index (χ4n) is 4.16. The fourth-order valence-corrected chi connectivity index (χ4v) is 4.16. The van der Waals surface area contributed by atoms with Gasteiger partial charge < -0.3 is 4.90 Å². The third kappa shape index (κ3) is 3.00. The highest BCUT2D eigenvalue weighted by Gasteiger charge is 2.43. The Kier molecular flexibility index (Phi) is 3.38. The molecule has 1 saturated heterocycles. The number of rotatable bonds is 3. The van der Waals surface area contributed by atoms with Gasteiger partial charge in [0.05, 0.1) is 0 Å². The highest BCUT2D eigenvalue weighted by Crippen LogP contribution is 2.48. The van der Waals surface area contributed by atoms with Crippen LogP contribution in [-0.2, 0) is 6.42 Å². The molecule has 0 amide bonds. The molecule has 2 atom stereocenters. The first kappa shape index (κ1) is 13.1. The molecule has 1 saturated carbocycles. The average Bonchev–Trinajstić information content (AvgIpc) is 2.79. The van der Waals surface area contributed by atoms with Gasteiger partial charge in [0.15, 0.2) is 0 Å². The van der Waals surface area contributed by atoms with E-state index in [4.69, 9.17) is 0 Å². The van der Waals surface area contributed by atoms with E-state index in [1.165, 1.54) is 32.0 Å². The van der Waals surface area contributed by atoms with E-state index in [-0.39, 0.29) is 5.82 Å². The maximum absolute atomic E-state index is 13.1. The van der Waals surface area contributed by atoms with Gasteiger partial charge in [-0.25, -0.2) is 4.39 Å². The third-order valence-electron chi connectivity index (χ3n) is 4.89. The summed E-state index contributed by atoms with van der Waals surface area (Å²) in [5, 5.41) is 0. The van der Waals surface area contributed by atoms with Crippen molar-refractivity contribution in [3.8, 4) is 0 Å². The first-order chi connectivity index (χ1) is 9.02. The van der Waals surface area contributed by atoms with Crippen molar-refractivity contribution in [1.29, 1.82) is 0 Å². The van der Waals surface area contributed by atoms with Crippen LogP contribution in [-0.4, -0.2) is 24.5 Å². The Labute approximate surface area is 115 Å². The molecular formula is C17H24FN. The second-order valence-electron chi connectivity index (χ2n) is 7.23. The van der Waals surface area contributed by atoms with Crippen molar-refractivity contribution in [2.75, 3.05) is 19.6 Å². The predicted molar refractivity (Wildman–Crippen MR) is 76.5 cm³/mol. The summed E-state index contributed by atoms with van der Waals surface area (Å²) in [4.78, 5) is 2.58. The molecule has 0 bridgehead atoms. The fraction of sp³-hybridized carbons (Fsp3) is 0.647. The minimum atomic E-state index is -0.113. The number of fused-ring (bicyclic) bond motifs is 1. The van der Waals surface area contributed by atoms with E-state index in [2.05, 4.69) is 18.7 Å². The van der Waals surface area contributed by atoms with Gasteiger partial charge in [0.1, 0.15) is 5.82 Å². The maximum atomic E-state index is 13.1. The van der Waals surface area contributed by atoms with Gasteiger partial charge in [-0.2, -0.15) is 0 Å². The van der Waals surface area contributed by atoms with E-state index >= 15 is 0 Å². The molecule has 1 aliphatic carbocycles. The summed E-state index contributed by atoms with van der Waals surface area (Å²) < 4.78 is 13.1. The molecular weight excluding hydrogens is 237 g/mol. The molecule has 1 heterocycles. The topological polar surface area (TPSA) is 3.24 Å². The van der Waals surface area contributed by atoms with E-state index in [9.17, 15) is 4.39 Å². The zero-order chi connectivity index (χ0) is 13.5. The lowest BCUT2D eigenvalue weighted by Gasteiger charge is -2.22. The SMILES string of the molecule is CC1(C)CC2CN(CCc3cccc(F)c3)CC2C1. The second kappa shape index (κ2) is 4.90. The van der Waals surface area contributed by atoms with Gasteiger partial charge in [0, 0.05) is 19.6 Å². The lowest BCUT2D eigenvalue weighted by molar-refractivity contribution is 0.267. The molecule has 3 rings (SSSR count). The zero-order valence-electron chi connectivity index (χ0n) is 12.0. The summed E-state index contributed by atoms with van der Waals surface area (Å²) in [6.45, 7) is 8.40. The van der Waals surface area contributed by atoms with Crippen LogP contribution in [0.25, 0.3) is 0 Å². The summed E-state index contributed by atoms with van der Waals surface area (Å²) in [5.74, 6) is 1.70. The van der Waals surface area contributed by atoms with Crippen molar-refractivity contribution < 1.29 is 4.39 Å². The van der Waals surface area contributed by atoms with E-state index in [1.54, 1.807) is 6.07 Å². The molecule has 0 N–H and O–H groups in total. The van der Waals surface area contributed by atoms with Crippen molar-refractivity contribution in [2.24, 2.45) is 17.3 Å². The number of halogens is 1. The Morgan fingerprint density at radius 2 is 1.89 bits per heavy atom. The van der Waals surface area contributed by atoms with Crippen LogP contribution in [0, 0.1) is 23.1 Å². The number of hydrogen-bond acceptors (Lipinski definition) is 1. The summed E-state index contributed by atoms with van der Waals surface area (Å²) in [6.07, 6.45) is 3.74. The first-order valence-electron chi connectivity index (χ1n) is 7.49. The Hall–Kier alpha value is -0.890. The molecule has 2 fully saturated rings. The van der Waals surface area contributed by atoms with Gasteiger partial charge in [0.25, 0.3) is 0 Å². The number of likely N-dealkylation sites (tertiary alicyclic amines) is 1.